The van der Waals surface area contributed by atoms with Crippen molar-refractivity contribution in [3.05, 3.63) is 103 Å². The van der Waals surface area contributed by atoms with E-state index in [0.29, 0.717) is 33.5 Å². The lowest BCUT2D eigenvalue weighted by molar-refractivity contribution is -0.137. The van der Waals surface area contributed by atoms with Crippen LogP contribution in [0.1, 0.15) is 33.9 Å². The highest BCUT2D eigenvalue weighted by Gasteiger charge is 2.70. The Balaban J connectivity index is 1.14. The van der Waals surface area contributed by atoms with Gasteiger partial charge in [-0.25, -0.2) is 0 Å². The number of nitrogens with one attached hydrogen (secondary N) is 2. The second-order valence-electron chi connectivity index (χ2n) is 12.9. The van der Waals surface area contributed by atoms with Gasteiger partial charge in [-0.1, -0.05) is 41.1 Å². The molecule has 4 aromatic rings. The number of imide groups is 1. The van der Waals surface area contributed by atoms with Crippen LogP contribution < -0.4 is 19.8 Å². The standard InChI is InChI=1S/C35H27ClF3N3O5S2/c1-15-4-2-6-18(10-15)40-24(43)14-47-23-9-8-17(36)12-20(23)25-26-21-13-22(29(26)48-31-30(25)49-34(46)41-31)28-27(21)32(44)42(33(28)45)19-7-3-5-16(11-19)35(37,38)39/h2-12,21-22,25-29H,13-14H2,1H3,(H,40,43)(H,41,46)/t21-,22-,25-,26?,27?,28?,29?/m1/s1. The Bertz CT molecular complexity index is 2100. The van der Waals surface area contributed by atoms with Crippen molar-refractivity contribution < 1.29 is 32.3 Å². The zero-order valence-electron chi connectivity index (χ0n) is 25.6. The number of H-pyrrole nitrogens is 1. The number of amides is 3. The van der Waals surface area contributed by atoms with E-state index in [1.165, 1.54) is 23.9 Å². The molecule has 49 heavy (non-hydrogen) atoms. The maximum atomic E-state index is 14.1. The zero-order chi connectivity index (χ0) is 34.4. The third-order valence-corrected chi connectivity index (χ3v) is 12.9. The van der Waals surface area contributed by atoms with Crippen molar-refractivity contribution in [2.45, 2.75) is 35.7 Å². The molecule has 14 heteroatoms. The molecule has 8 nitrogen and oxygen atoms in total. The molecule has 1 aromatic heterocycles. The number of aromatic amines is 1. The van der Waals surface area contributed by atoms with Gasteiger partial charge >= 0.3 is 11.0 Å². The molecule has 4 aliphatic rings. The molecule has 3 heterocycles. The summed E-state index contributed by atoms with van der Waals surface area (Å²) in [5.74, 6) is -3.62. The highest BCUT2D eigenvalue weighted by molar-refractivity contribution is 8.00. The van der Waals surface area contributed by atoms with Gasteiger partial charge in [0, 0.05) is 32.3 Å². The highest BCUT2D eigenvalue weighted by Crippen LogP contribution is 2.69. The number of benzene rings is 3. The molecule has 4 unspecified atom stereocenters. The molecule has 3 aromatic carbocycles. The summed E-state index contributed by atoms with van der Waals surface area (Å²) in [6, 6.07) is 16.8. The predicted octanol–water partition coefficient (Wildman–Crippen LogP) is 7.11. The third kappa shape index (κ3) is 5.37. The largest absolute Gasteiger partial charge is 0.483 e. The van der Waals surface area contributed by atoms with Crippen LogP contribution in [0.4, 0.5) is 24.5 Å². The summed E-state index contributed by atoms with van der Waals surface area (Å²) < 4.78 is 46.8. The lowest BCUT2D eigenvalue weighted by atomic mass is 9.68. The van der Waals surface area contributed by atoms with E-state index in [1.54, 1.807) is 24.3 Å². The van der Waals surface area contributed by atoms with Crippen molar-refractivity contribution in [3.63, 3.8) is 0 Å². The summed E-state index contributed by atoms with van der Waals surface area (Å²) in [7, 11) is 0. The smallest absolute Gasteiger partial charge is 0.416 e. The second kappa shape index (κ2) is 11.8. The first kappa shape index (κ1) is 32.2. The number of rotatable bonds is 6. The van der Waals surface area contributed by atoms with Crippen molar-refractivity contribution >= 4 is 63.8 Å². The Morgan fingerprint density at radius 1 is 1.02 bits per heavy atom. The van der Waals surface area contributed by atoms with Gasteiger partial charge in [0.05, 0.1) is 28.1 Å². The lowest BCUT2D eigenvalue weighted by Gasteiger charge is -2.43. The monoisotopic (exact) mass is 725 g/mol. The van der Waals surface area contributed by atoms with E-state index in [0.717, 1.165) is 38.8 Å². The van der Waals surface area contributed by atoms with Crippen LogP contribution in [0.15, 0.2) is 76.6 Å². The van der Waals surface area contributed by atoms with Crippen molar-refractivity contribution in [2.75, 3.05) is 16.8 Å². The highest BCUT2D eigenvalue weighted by atomic mass is 35.5. The molecule has 2 aliphatic carbocycles. The maximum absolute atomic E-state index is 14.1. The van der Waals surface area contributed by atoms with E-state index in [4.69, 9.17) is 16.3 Å². The quantitative estimate of drug-likeness (QED) is 0.205. The predicted molar refractivity (Wildman–Crippen MR) is 179 cm³/mol. The molecule has 7 atom stereocenters. The van der Waals surface area contributed by atoms with Crippen LogP contribution in [0.5, 0.6) is 5.75 Å². The van der Waals surface area contributed by atoms with Crippen molar-refractivity contribution in [1.82, 2.24) is 4.98 Å². The Kier molecular flexibility index (Phi) is 7.72. The number of ether oxygens (including phenoxy) is 1. The molecule has 8 rings (SSSR count). The number of nitrogens with zero attached hydrogens (tertiary/aromatic N) is 1. The molecular formula is C35H27ClF3N3O5S2. The zero-order valence-corrected chi connectivity index (χ0v) is 28.0. The van der Waals surface area contributed by atoms with Crippen molar-refractivity contribution in [1.29, 1.82) is 0 Å². The summed E-state index contributed by atoms with van der Waals surface area (Å²) in [6.45, 7) is 1.62. The number of thiazole rings is 1. The van der Waals surface area contributed by atoms with E-state index in [9.17, 15) is 32.3 Å². The number of fused-ring (bicyclic) bond motifs is 9. The summed E-state index contributed by atoms with van der Waals surface area (Å²) in [5.41, 5.74) is 1.23. The first-order chi connectivity index (χ1) is 23.4. The Morgan fingerprint density at radius 2 is 1.78 bits per heavy atom. The molecule has 2 saturated carbocycles. The topological polar surface area (TPSA) is 109 Å². The summed E-state index contributed by atoms with van der Waals surface area (Å²) >= 11 is 9.09. The number of anilines is 2. The van der Waals surface area contributed by atoms with Crippen LogP contribution >= 0.6 is 34.7 Å². The van der Waals surface area contributed by atoms with Crippen LogP contribution in [0.2, 0.25) is 5.02 Å². The molecule has 0 spiro atoms. The Hall–Kier alpha value is -4.07. The van der Waals surface area contributed by atoms with Gasteiger partial charge in [0.2, 0.25) is 11.8 Å². The number of carbonyl (C=O) groups is 3. The van der Waals surface area contributed by atoms with E-state index >= 15 is 0 Å². The van der Waals surface area contributed by atoms with Gasteiger partial charge in [0.1, 0.15) is 5.75 Å². The van der Waals surface area contributed by atoms with E-state index in [2.05, 4.69) is 10.3 Å². The minimum absolute atomic E-state index is 0.0938. The van der Waals surface area contributed by atoms with E-state index in [1.807, 2.05) is 25.1 Å². The number of carbonyl (C=O) groups excluding carboxylic acids is 3. The third-order valence-electron chi connectivity index (χ3n) is 10.1. The lowest BCUT2D eigenvalue weighted by Crippen LogP contribution is -2.42. The van der Waals surface area contributed by atoms with Gasteiger partial charge in [-0.2, -0.15) is 13.2 Å². The summed E-state index contributed by atoms with van der Waals surface area (Å²) in [6.07, 6.45) is -4.06. The number of alkyl halides is 3. The van der Waals surface area contributed by atoms with Crippen molar-refractivity contribution in [3.8, 4) is 5.75 Å². The molecule has 2 bridgehead atoms. The molecule has 0 radical (unpaired) electrons. The van der Waals surface area contributed by atoms with Crippen LogP contribution in [-0.2, 0) is 20.6 Å². The van der Waals surface area contributed by atoms with E-state index < -0.39 is 41.3 Å². The molecular weight excluding hydrogens is 699 g/mol. The van der Waals surface area contributed by atoms with Gasteiger partial charge in [-0.15, -0.1) is 11.8 Å². The minimum Gasteiger partial charge on any atom is -0.483 e. The molecule has 3 fully saturated rings. The molecule has 252 valence electrons. The number of thioether (sulfide) groups is 1. The van der Waals surface area contributed by atoms with Crippen LogP contribution in [-0.4, -0.2) is 34.6 Å². The normalized spacial score (nSPS) is 26.8. The maximum Gasteiger partial charge on any atom is 0.416 e. The minimum atomic E-state index is -4.64. The van der Waals surface area contributed by atoms with E-state index in [-0.39, 0.29) is 46.1 Å². The second-order valence-corrected chi connectivity index (χ2v) is 15.5. The molecule has 3 amide bonds. The molecule has 1 saturated heterocycles. The van der Waals surface area contributed by atoms with Gasteiger partial charge in [-0.3, -0.25) is 24.1 Å². The first-order valence-electron chi connectivity index (χ1n) is 15.6. The SMILES string of the molecule is Cc1cccc(NC(=O)COc2ccc(Cl)cc2[C@H]2c3sc(=O)[nH]c3SC3C2[C@H]2C[C@@H]3C3C(=O)N(c4cccc(C(F)(F)F)c4)C(=O)C32)c1. The van der Waals surface area contributed by atoms with Gasteiger partial charge < -0.3 is 15.0 Å². The fourth-order valence-corrected chi connectivity index (χ4v) is 11.5. The summed E-state index contributed by atoms with van der Waals surface area (Å²) in [4.78, 5) is 58.0. The number of hydrogen-bond acceptors (Lipinski definition) is 7. The van der Waals surface area contributed by atoms with Crippen LogP contribution in [0, 0.1) is 36.5 Å². The van der Waals surface area contributed by atoms with Gasteiger partial charge in [-0.05, 0) is 85.2 Å². The van der Waals surface area contributed by atoms with Crippen LogP contribution in [0.3, 0.4) is 0 Å². The Morgan fingerprint density at radius 3 is 2.53 bits per heavy atom. The van der Waals surface area contributed by atoms with Gasteiger partial charge in [0.25, 0.3) is 5.91 Å². The molecule has 2 aliphatic heterocycles. The van der Waals surface area contributed by atoms with Gasteiger partial charge in [0.15, 0.2) is 6.61 Å². The number of halogens is 4. The number of hydrogen-bond donors (Lipinski definition) is 2. The number of aromatic nitrogens is 1. The van der Waals surface area contributed by atoms with Crippen LogP contribution in [0.25, 0.3) is 0 Å². The average molecular weight is 726 g/mol. The van der Waals surface area contributed by atoms with Crippen molar-refractivity contribution in [2.24, 2.45) is 29.6 Å². The average Bonchev–Trinajstić information content (AvgIpc) is 3.78. The molecule has 2 N–H and O–H groups in total. The fraction of sp³-hybridized carbons (Fsp3) is 0.314. The first-order valence-corrected chi connectivity index (χ1v) is 17.7. The fourth-order valence-electron chi connectivity index (χ4n) is 8.40. The number of aryl methyl sites for hydroxylation is 1. The summed E-state index contributed by atoms with van der Waals surface area (Å²) in [5, 5.41) is 3.73. The Labute approximate surface area is 291 Å².